The van der Waals surface area contributed by atoms with Gasteiger partial charge in [-0.05, 0) is 66.1 Å². The second kappa shape index (κ2) is 7.61. The molecular weight excluding hydrogens is 316 g/mol. The standard InChI is InChI=1S/C25H24O/c1-19-17-22-18-23(26-16-8-11-20-9-4-2-5-10-20)14-15-24(22)25(19)21-12-6-3-7-13-21/h2-7,9-10,12-15,18H,8,11,16-17H2,1H3. The summed E-state index contributed by atoms with van der Waals surface area (Å²) in [5.74, 6) is 0.985. The Morgan fingerprint density at radius 3 is 2.35 bits per heavy atom. The number of aryl methyl sites for hydroxylation is 1. The van der Waals surface area contributed by atoms with Gasteiger partial charge in [-0.2, -0.15) is 0 Å². The van der Waals surface area contributed by atoms with E-state index in [0.717, 1.165) is 31.6 Å². The highest BCUT2D eigenvalue weighted by Crippen LogP contribution is 2.38. The van der Waals surface area contributed by atoms with E-state index in [1.54, 1.807) is 0 Å². The molecule has 1 nitrogen and oxygen atoms in total. The maximum Gasteiger partial charge on any atom is 0.119 e. The molecule has 0 aliphatic heterocycles. The molecule has 3 aromatic carbocycles. The van der Waals surface area contributed by atoms with Crippen LogP contribution in [-0.4, -0.2) is 6.61 Å². The van der Waals surface area contributed by atoms with E-state index < -0.39 is 0 Å². The molecule has 0 N–H and O–H groups in total. The first kappa shape index (κ1) is 16.7. The highest BCUT2D eigenvalue weighted by molar-refractivity contribution is 5.87. The minimum Gasteiger partial charge on any atom is -0.494 e. The Hall–Kier alpha value is -2.80. The van der Waals surface area contributed by atoms with E-state index in [9.17, 15) is 0 Å². The fourth-order valence-electron chi connectivity index (χ4n) is 3.77. The first-order valence-corrected chi connectivity index (χ1v) is 9.36. The number of fused-ring (bicyclic) bond motifs is 1. The molecule has 130 valence electrons. The fraction of sp³-hybridized carbons (Fsp3) is 0.200. The average molecular weight is 340 g/mol. The minimum absolute atomic E-state index is 0.756. The molecule has 0 amide bonds. The molecule has 3 aromatic rings. The molecule has 26 heavy (non-hydrogen) atoms. The lowest BCUT2D eigenvalue weighted by Gasteiger charge is -2.10. The van der Waals surface area contributed by atoms with Crippen LogP contribution >= 0.6 is 0 Å². The minimum atomic E-state index is 0.756. The van der Waals surface area contributed by atoms with Crippen molar-refractivity contribution in [2.24, 2.45) is 0 Å². The van der Waals surface area contributed by atoms with Gasteiger partial charge in [0.1, 0.15) is 5.75 Å². The van der Waals surface area contributed by atoms with E-state index in [-0.39, 0.29) is 0 Å². The van der Waals surface area contributed by atoms with Crippen LogP contribution in [-0.2, 0) is 12.8 Å². The molecule has 1 heteroatoms. The third-order valence-electron chi connectivity index (χ3n) is 5.01. The second-order valence-corrected chi connectivity index (χ2v) is 6.95. The van der Waals surface area contributed by atoms with Crippen LogP contribution in [0.15, 0.2) is 84.4 Å². The predicted octanol–water partition coefficient (Wildman–Crippen LogP) is 6.08. The van der Waals surface area contributed by atoms with Crippen LogP contribution in [0.3, 0.4) is 0 Å². The van der Waals surface area contributed by atoms with E-state index in [4.69, 9.17) is 4.74 Å². The smallest absolute Gasteiger partial charge is 0.119 e. The zero-order valence-corrected chi connectivity index (χ0v) is 15.2. The van der Waals surface area contributed by atoms with Crippen LogP contribution in [0.25, 0.3) is 5.57 Å². The third-order valence-corrected chi connectivity index (χ3v) is 5.01. The van der Waals surface area contributed by atoms with Gasteiger partial charge in [-0.25, -0.2) is 0 Å². The molecule has 0 saturated carbocycles. The number of hydrogen-bond acceptors (Lipinski definition) is 1. The lowest BCUT2D eigenvalue weighted by Crippen LogP contribution is -2.00. The largest absolute Gasteiger partial charge is 0.494 e. The summed E-state index contributed by atoms with van der Waals surface area (Å²) in [5, 5.41) is 0. The number of rotatable bonds is 6. The molecule has 0 unspecified atom stereocenters. The number of benzene rings is 3. The van der Waals surface area contributed by atoms with Gasteiger partial charge in [0.25, 0.3) is 0 Å². The summed E-state index contributed by atoms with van der Waals surface area (Å²) in [6.07, 6.45) is 3.11. The first-order valence-electron chi connectivity index (χ1n) is 9.36. The Morgan fingerprint density at radius 1 is 0.846 bits per heavy atom. The van der Waals surface area contributed by atoms with Crippen LogP contribution in [0.5, 0.6) is 5.75 Å². The molecular formula is C25H24O. The molecule has 1 aliphatic carbocycles. The Balaban J connectivity index is 1.41. The predicted molar refractivity (Wildman–Crippen MR) is 109 cm³/mol. The molecule has 0 saturated heterocycles. The summed E-state index contributed by atoms with van der Waals surface area (Å²) < 4.78 is 6.01. The van der Waals surface area contributed by atoms with Gasteiger partial charge < -0.3 is 4.74 Å². The van der Waals surface area contributed by atoms with E-state index in [1.165, 1.54) is 33.4 Å². The summed E-state index contributed by atoms with van der Waals surface area (Å²) >= 11 is 0. The molecule has 0 aromatic heterocycles. The van der Waals surface area contributed by atoms with Crippen LogP contribution in [0.2, 0.25) is 0 Å². The third kappa shape index (κ3) is 3.57. The highest BCUT2D eigenvalue weighted by Gasteiger charge is 2.20. The van der Waals surface area contributed by atoms with Gasteiger partial charge in [-0.15, -0.1) is 0 Å². The molecule has 4 rings (SSSR count). The van der Waals surface area contributed by atoms with Gasteiger partial charge in [0.15, 0.2) is 0 Å². The summed E-state index contributed by atoms with van der Waals surface area (Å²) in [6.45, 7) is 2.99. The van der Waals surface area contributed by atoms with Crippen molar-refractivity contribution in [2.45, 2.75) is 26.2 Å². The van der Waals surface area contributed by atoms with Gasteiger partial charge in [0, 0.05) is 0 Å². The van der Waals surface area contributed by atoms with Crippen molar-refractivity contribution in [1.82, 2.24) is 0 Å². The molecule has 0 fully saturated rings. The quantitative estimate of drug-likeness (QED) is 0.494. The maximum atomic E-state index is 6.01. The van der Waals surface area contributed by atoms with Crippen molar-refractivity contribution in [1.29, 1.82) is 0 Å². The Kier molecular flexibility index (Phi) is 4.88. The van der Waals surface area contributed by atoms with E-state index in [2.05, 4.69) is 85.8 Å². The van der Waals surface area contributed by atoms with Gasteiger partial charge in [-0.3, -0.25) is 0 Å². The fourth-order valence-corrected chi connectivity index (χ4v) is 3.77. The number of allylic oxidation sites excluding steroid dienone is 1. The van der Waals surface area contributed by atoms with E-state index in [0.29, 0.717) is 0 Å². The SMILES string of the molecule is CC1=C(c2ccccc2)c2ccc(OCCCc3ccccc3)cc2C1. The van der Waals surface area contributed by atoms with Crippen molar-refractivity contribution in [2.75, 3.05) is 6.61 Å². The average Bonchev–Trinajstić information content (AvgIpc) is 3.01. The topological polar surface area (TPSA) is 9.23 Å². The molecule has 0 bridgehead atoms. The van der Waals surface area contributed by atoms with E-state index in [1.807, 2.05) is 0 Å². The zero-order valence-electron chi connectivity index (χ0n) is 15.2. The normalized spacial score (nSPS) is 13.0. The summed E-state index contributed by atoms with van der Waals surface area (Å²) in [7, 11) is 0. The monoisotopic (exact) mass is 340 g/mol. The molecule has 0 heterocycles. The maximum absolute atomic E-state index is 6.01. The molecule has 1 aliphatic rings. The van der Waals surface area contributed by atoms with Gasteiger partial charge in [0.05, 0.1) is 6.61 Å². The molecule has 0 radical (unpaired) electrons. The van der Waals surface area contributed by atoms with Crippen LogP contribution in [0.4, 0.5) is 0 Å². The highest BCUT2D eigenvalue weighted by atomic mass is 16.5. The van der Waals surface area contributed by atoms with Gasteiger partial charge in [0.2, 0.25) is 0 Å². The van der Waals surface area contributed by atoms with Crippen LogP contribution < -0.4 is 4.74 Å². The van der Waals surface area contributed by atoms with Crippen LogP contribution in [0.1, 0.15) is 35.6 Å². The lowest BCUT2D eigenvalue weighted by molar-refractivity contribution is 0.311. The zero-order chi connectivity index (χ0) is 17.8. The van der Waals surface area contributed by atoms with Crippen molar-refractivity contribution in [3.05, 3.63) is 107 Å². The summed E-state index contributed by atoms with van der Waals surface area (Å²) in [6, 6.07) is 27.8. The lowest BCUT2D eigenvalue weighted by atomic mass is 9.98. The molecule has 0 spiro atoms. The summed E-state index contributed by atoms with van der Waals surface area (Å²) in [4.78, 5) is 0. The van der Waals surface area contributed by atoms with Gasteiger partial charge in [-0.1, -0.05) is 72.3 Å². The van der Waals surface area contributed by atoms with E-state index >= 15 is 0 Å². The Labute approximate surface area is 156 Å². The number of ether oxygens (including phenoxy) is 1. The van der Waals surface area contributed by atoms with Crippen molar-refractivity contribution >= 4 is 5.57 Å². The second-order valence-electron chi connectivity index (χ2n) is 6.95. The van der Waals surface area contributed by atoms with Crippen molar-refractivity contribution in [3.63, 3.8) is 0 Å². The molecule has 0 atom stereocenters. The Bertz CT molecular complexity index is 907. The Morgan fingerprint density at radius 2 is 1.58 bits per heavy atom. The van der Waals surface area contributed by atoms with Crippen LogP contribution in [0, 0.1) is 0 Å². The van der Waals surface area contributed by atoms with Crippen molar-refractivity contribution < 1.29 is 4.74 Å². The number of hydrogen-bond donors (Lipinski definition) is 0. The van der Waals surface area contributed by atoms with Crippen molar-refractivity contribution in [3.8, 4) is 5.75 Å². The first-order chi connectivity index (χ1) is 12.8. The van der Waals surface area contributed by atoms with Gasteiger partial charge >= 0.3 is 0 Å². The summed E-state index contributed by atoms with van der Waals surface area (Å²) in [5.41, 5.74) is 8.23.